The summed E-state index contributed by atoms with van der Waals surface area (Å²) in [6.07, 6.45) is 36.3. The number of carboxylic acid groups (broad SMARTS) is 2. The van der Waals surface area contributed by atoms with Crippen LogP contribution < -0.4 is 0 Å². The van der Waals surface area contributed by atoms with E-state index in [1.807, 2.05) is 0 Å². The number of hydrogen-bond acceptors (Lipinski definition) is 2. The van der Waals surface area contributed by atoms with Gasteiger partial charge >= 0.3 is 11.9 Å². The number of carbonyl (C=O) groups is 2. The van der Waals surface area contributed by atoms with Gasteiger partial charge in [-0.3, -0.25) is 0 Å². The minimum Gasteiger partial charge on any atom is -0.478 e. The van der Waals surface area contributed by atoms with Gasteiger partial charge in [0.2, 0.25) is 0 Å². The van der Waals surface area contributed by atoms with Crippen LogP contribution in [0.4, 0.5) is 0 Å². The number of carboxylic acids is 2. The molecule has 4 heteroatoms. The molecule has 0 aliphatic rings. The van der Waals surface area contributed by atoms with Gasteiger partial charge in [-0.2, -0.15) is 0 Å². The van der Waals surface area contributed by atoms with Crippen molar-refractivity contribution < 1.29 is 19.8 Å². The summed E-state index contributed by atoms with van der Waals surface area (Å²) in [5.74, 6) is -1.46. The molecule has 0 aliphatic carbocycles. The highest BCUT2D eigenvalue weighted by Crippen LogP contribution is 2.25. The number of hydrogen-bond donors (Lipinski definition) is 2. The van der Waals surface area contributed by atoms with Crippen molar-refractivity contribution in [2.75, 3.05) is 0 Å². The lowest BCUT2D eigenvalue weighted by Crippen LogP contribution is -2.12. The van der Waals surface area contributed by atoms with E-state index in [1.54, 1.807) is 0 Å². The van der Waals surface area contributed by atoms with Crippen molar-refractivity contribution in [2.45, 2.75) is 207 Å². The van der Waals surface area contributed by atoms with Crippen LogP contribution in [0.3, 0.4) is 0 Å². The Morgan fingerprint density at radius 2 is 0.721 bits per heavy atom. The molecule has 0 heterocycles. The Labute approximate surface area is 268 Å². The third-order valence-corrected chi connectivity index (χ3v) is 8.71. The summed E-state index contributed by atoms with van der Waals surface area (Å²) < 4.78 is 0. The van der Waals surface area contributed by atoms with Crippen molar-refractivity contribution in [3.05, 3.63) is 24.3 Å². The van der Waals surface area contributed by atoms with Gasteiger partial charge in [-0.1, -0.05) is 194 Å². The van der Waals surface area contributed by atoms with Crippen LogP contribution in [0.25, 0.3) is 0 Å². The molecule has 0 aliphatic heterocycles. The molecule has 0 fully saturated rings. The normalized spacial score (nSPS) is 11.5. The monoisotopic (exact) mass is 607 g/mol. The average Bonchev–Trinajstić information content (AvgIpc) is 2.99. The summed E-state index contributed by atoms with van der Waals surface area (Å²) in [6, 6.07) is 0. The van der Waals surface area contributed by atoms with E-state index >= 15 is 0 Å². The quantitative estimate of drug-likeness (QED) is 0.0590. The highest BCUT2D eigenvalue weighted by atomic mass is 16.4. The second kappa shape index (κ2) is 34.9. The summed E-state index contributed by atoms with van der Waals surface area (Å²) in [5.41, 5.74) is 0.792. The van der Waals surface area contributed by atoms with Gasteiger partial charge in [-0.15, -0.1) is 0 Å². The molecule has 0 saturated heterocycles. The fourth-order valence-electron chi connectivity index (χ4n) is 5.65. The minimum atomic E-state index is -0.848. The average molecular weight is 607 g/mol. The maximum Gasteiger partial charge on any atom is 0.331 e. The predicted octanol–water partition coefficient (Wildman–Crippen LogP) is 13.2. The fraction of sp³-hybridized carbons (Fsp3) is 0.846. The summed E-state index contributed by atoms with van der Waals surface area (Å²) >= 11 is 0. The third-order valence-electron chi connectivity index (χ3n) is 8.71. The summed E-state index contributed by atoms with van der Waals surface area (Å²) in [5, 5.41) is 17.9. The number of aliphatic carboxylic acids is 2. The molecule has 1 atom stereocenters. The van der Waals surface area contributed by atoms with Crippen molar-refractivity contribution in [3.8, 4) is 0 Å². The Hall–Kier alpha value is -1.58. The van der Waals surface area contributed by atoms with Crippen LogP contribution in [0.5, 0.6) is 0 Å². The maximum absolute atomic E-state index is 11.3. The van der Waals surface area contributed by atoms with Gasteiger partial charge in [0.15, 0.2) is 0 Å². The lowest BCUT2D eigenvalue weighted by atomic mass is 9.88. The lowest BCUT2D eigenvalue weighted by molar-refractivity contribution is -0.134. The standard InChI is InChI=1S/C25H48O2.C14H26O2/c1-4-6-8-10-12-13-14-16-18-20-22-24(23(3)25(26)27)21-19-17-15-11-9-7-5-2;1-3-4-5-6-7-8-9-10-11-12-13(2)14(15)16/h24H,3-22H2,1-2H3,(H,26,27);2-12H2,1H3,(H,15,16). The molecule has 0 radical (unpaired) electrons. The van der Waals surface area contributed by atoms with Crippen LogP contribution in [0, 0.1) is 5.92 Å². The van der Waals surface area contributed by atoms with Gasteiger partial charge in [-0.05, 0) is 31.6 Å². The Balaban J connectivity index is 0. The first kappa shape index (κ1) is 43.5. The zero-order valence-corrected chi connectivity index (χ0v) is 29.2. The number of unbranched alkanes of at least 4 members (excludes halogenated alkanes) is 23. The molecular weight excluding hydrogens is 532 g/mol. The van der Waals surface area contributed by atoms with E-state index in [0.29, 0.717) is 17.6 Å². The smallest absolute Gasteiger partial charge is 0.331 e. The molecule has 254 valence electrons. The molecule has 0 saturated carbocycles. The van der Waals surface area contributed by atoms with Crippen molar-refractivity contribution in [2.24, 2.45) is 5.92 Å². The zero-order valence-electron chi connectivity index (χ0n) is 29.2. The van der Waals surface area contributed by atoms with Gasteiger partial charge in [0.05, 0.1) is 0 Å². The lowest BCUT2D eigenvalue weighted by Gasteiger charge is -2.17. The van der Waals surface area contributed by atoms with Crippen molar-refractivity contribution >= 4 is 11.9 Å². The molecular formula is C39H74O4. The Morgan fingerprint density at radius 3 is 1.00 bits per heavy atom. The van der Waals surface area contributed by atoms with Crippen LogP contribution in [0.2, 0.25) is 0 Å². The van der Waals surface area contributed by atoms with Crippen molar-refractivity contribution in [1.82, 2.24) is 0 Å². The van der Waals surface area contributed by atoms with E-state index in [9.17, 15) is 14.7 Å². The van der Waals surface area contributed by atoms with Crippen LogP contribution >= 0.6 is 0 Å². The molecule has 4 nitrogen and oxygen atoms in total. The SMILES string of the molecule is C=C(C(=O)O)C(CCCCCCCCC)CCCCCCCCCCCC.C=C(CCCCCCCCCCC)C(=O)O. The maximum atomic E-state index is 11.3. The van der Waals surface area contributed by atoms with Crippen LogP contribution in [0.1, 0.15) is 207 Å². The summed E-state index contributed by atoms with van der Waals surface area (Å²) in [6.45, 7) is 14.1. The molecule has 1 unspecified atom stereocenters. The first-order valence-corrected chi connectivity index (χ1v) is 18.6. The van der Waals surface area contributed by atoms with Gasteiger partial charge in [0.25, 0.3) is 0 Å². The molecule has 0 aromatic carbocycles. The molecule has 0 rings (SSSR count). The summed E-state index contributed by atoms with van der Waals surface area (Å²) in [4.78, 5) is 21.8. The second-order valence-electron chi connectivity index (χ2n) is 12.9. The van der Waals surface area contributed by atoms with E-state index in [1.165, 1.54) is 141 Å². The van der Waals surface area contributed by atoms with Crippen LogP contribution in [0.15, 0.2) is 24.3 Å². The minimum absolute atomic E-state index is 0.187. The van der Waals surface area contributed by atoms with E-state index < -0.39 is 11.9 Å². The molecule has 0 amide bonds. The fourth-order valence-corrected chi connectivity index (χ4v) is 5.65. The molecule has 43 heavy (non-hydrogen) atoms. The molecule has 2 N–H and O–H groups in total. The highest BCUT2D eigenvalue weighted by molar-refractivity contribution is 5.86. The van der Waals surface area contributed by atoms with Gasteiger partial charge in [0.1, 0.15) is 0 Å². The van der Waals surface area contributed by atoms with Crippen molar-refractivity contribution in [1.29, 1.82) is 0 Å². The van der Waals surface area contributed by atoms with Gasteiger partial charge in [0, 0.05) is 11.1 Å². The predicted molar refractivity (Wildman–Crippen MR) is 188 cm³/mol. The summed E-state index contributed by atoms with van der Waals surface area (Å²) in [7, 11) is 0. The Bertz CT molecular complexity index is 654. The Morgan fingerprint density at radius 1 is 0.442 bits per heavy atom. The first-order valence-electron chi connectivity index (χ1n) is 18.6. The van der Waals surface area contributed by atoms with E-state index in [-0.39, 0.29) is 5.92 Å². The molecule has 0 aromatic heterocycles. The molecule has 0 aromatic rings. The first-order chi connectivity index (χ1) is 20.8. The van der Waals surface area contributed by atoms with E-state index in [2.05, 4.69) is 33.9 Å². The topological polar surface area (TPSA) is 74.6 Å². The Kier molecular flexibility index (Phi) is 35.3. The highest BCUT2D eigenvalue weighted by Gasteiger charge is 2.17. The van der Waals surface area contributed by atoms with E-state index in [4.69, 9.17) is 5.11 Å². The van der Waals surface area contributed by atoms with Gasteiger partial charge < -0.3 is 10.2 Å². The molecule has 0 spiro atoms. The third kappa shape index (κ3) is 33.2. The largest absolute Gasteiger partial charge is 0.478 e. The van der Waals surface area contributed by atoms with Crippen molar-refractivity contribution in [3.63, 3.8) is 0 Å². The van der Waals surface area contributed by atoms with Gasteiger partial charge in [-0.25, -0.2) is 9.59 Å². The van der Waals surface area contributed by atoms with Crippen LogP contribution in [-0.2, 0) is 9.59 Å². The molecule has 0 bridgehead atoms. The van der Waals surface area contributed by atoms with E-state index in [0.717, 1.165) is 38.5 Å². The second-order valence-corrected chi connectivity index (χ2v) is 12.9. The zero-order chi connectivity index (χ0) is 32.4. The van der Waals surface area contributed by atoms with Crippen LogP contribution in [-0.4, -0.2) is 22.2 Å². The number of rotatable bonds is 32.